The van der Waals surface area contributed by atoms with Gasteiger partial charge in [0.05, 0.1) is 5.92 Å². The minimum Gasteiger partial charge on any atom is -0.461 e. The Kier molecular flexibility index (Phi) is 5.40. The second kappa shape index (κ2) is 7.29. The number of esters is 1. The van der Waals surface area contributed by atoms with Crippen molar-refractivity contribution in [2.45, 2.75) is 45.3 Å². The number of hydrogen-bond acceptors (Lipinski definition) is 3. The van der Waals surface area contributed by atoms with Crippen LogP contribution in [0.2, 0.25) is 0 Å². The van der Waals surface area contributed by atoms with Crippen molar-refractivity contribution < 1.29 is 9.53 Å². The van der Waals surface area contributed by atoms with Crippen molar-refractivity contribution in [2.75, 3.05) is 6.54 Å². The Morgan fingerprint density at radius 2 is 1.89 bits per heavy atom. The number of nitrogens with one attached hydrogen (secondary N) is 1. The normalized spacial score (nSPS) is 23.0. The summed E-state index contributed by atoms with van der Waals surface area (Å²) in [5.74, 6) is 0.0671. The van der Waals surface area contributed by atoms with Crippen LogP contribution in [0.5, 0.6) is 0 Å². The van der Waals surface area contributed by atoms with Crippen molar-refractivity contribution in [3.63, 3.8) is 0 Å². The fourth-order valence-corrected chi connectivity index (χ4v) is 2.67. The molecule has 104 valence electrons. The predicted octanol–water partition coefficient (Wildman–Crippen LogP) is 2.90. The largest absolute Gasteiger partial charge is 0.461 e. The third-order valence-electron chi connectivity index (χ3n) is 3.78. The van der Waals surface area contributed by atoms with Crippen LogP contribution in [-0.4, -0.2) is 18.6 Å². The van der Waals surface area contributed by atoms with Gasteiger partial charge in [0.15, 0.2) is 0 Å². The van der Waals surface area contributed by atoms with Gasteiger partial charge in [-0.05, 0) is 37.8 Å². The fourth-order valence-electron chi connectivity index (χ4n) is 2.67. The van der Waals surface area contributed by atoms with Gasteiger partial charge in [-0.2, -0.15) is 0 Å². The quantitative estimate of drug-likeness (QED) is 0.828. The lowest BCUT2D eigenvalue weighted by atomic mass is 9.86. The molecule has 0 heterocycles. The maximum absolute atomic E-state index is 12.0. The summed E-state index contributed by atoms with van der Waals surface area (Å²) in [6.07, 6.45) is 4.06. The summed E-state index contributed by atoms with van der Waals surface area (Å²) in [5, 5.41) is 3.45. The Labute approximate surface area is 115 Å². The van der Waals surface area contributed by atoms with Crippen LogP contribution >= 0.6 is 0 Å². The Bertz CT molecular complexity index is 383. The van der Waals surface area contributed by atoms with Gasteiger partial charge < -0.3 is 10.1 Å². The lowest BCUT2D eigenvalue weighted by molar-refractivity contribution is -0.151. The van der Waals surface area contributed by atoms with Crippen molar-refractivity contribution in [3.05, 3.63) is 35.9 Å². The second-order valence-corrected chi connectivity index (χ2v) is 5.20. The molecule has 1 aromatic carbocycles. The molecule has 1 aromatic rings. The number of carbonyl (C=O) groups is 1. The average Bonchev–Trinajstić information content (AvgIpc) is 2.47. The van der Waals surface area contributed by atoms with Gasteiger partial charge in [-0.15, -0.1) is 0 Å². The number of carbonyl (C=O) groups excluding carboxylic acids is 1. The summed E-state index contributed by atoms with van der Waals surface area (Å²) in [6, 6.07) is 10.4. The minimum absolute atomic E-state index is 0.0289. The van der Waals surface area contributed by atoms with E-state index in [1.54, 1.807) is 0 Å². The zero-order valence-corrected chi connectivity index (χ0v) is 11.6. The van der Waals surface area contributed by atoms with E-state index in [1.165, 1.54) is 0 Å². The van der Waals surface area contributed by atoms with E-state index in [2.05, 4.69) is 12.2 Å². The molecule has 1 N–H and O–H groups in total. The fraction of sp³-hybridized carbons (Fsp3) is 0.562. The van der Waals surface area contributed by atoms with E-state index in [0.717, 1.165) is 37.8 Å². The maximum Gasteiger partial charge on any atom is 0.309 e. The van der Waals surface area contributed by atoms with Crippen LogP contribution in [0.1, 0.15) is 38.2 Å². The predicted molar refractivity (Wildman–Crippen MR) is 75.7 cm³/mol. The van der Waals surface area contributed by atoms with E-state index in [4.69, 9.17) is 4.74 Å². The van der Waals surface area contributed by atoms with Crippen molar-refractivity contribution >= 4 is 5.97 Å². The van der Waals surface area contributed by atoms with Crippen LogP contribution in [0.4, 0.5) is 0 Å². The summed E-state index contributed by atoms with van der Waals surface area (Å²) < 4.78 is 5.40. The third kappa shape index (κ3) is 4.35. The Balaban J connectivity index is 1.73. The molecule has 1 aliphatic rings. The summed E-state index contributed by atoms with van der Waals surface area (Å²) in [5.41, 5.74) is 1.05. The van der Waals surface area contributed by atoms with E-state index in [-0.39, 0.29) is 11.9 Å². The molecule has 2 rings (SSSR count). The molecule has 0 bridgehead atoms. The van der Waals surface area contributed by atoms with Crippen LogP contribution in [-0.2, 0) is 16.1 Å². The molecule has 0 amide bonds. The molecule has 1 saturated carbocycles. The molecule has 0 saturated heterocycles. The first-order chi connectivity index (χ1) is 9.29. The van der Waals surface area contributed by atoms with E-state index >= 15 is 0 Å². The van der Waals surface area contributed by atoms with Crippen LogP contribution in [0.15, 0.2) is 30.3 Å². The molecule has 0 aromatic heterocycles. The second-order valence-electron chi connectivity index (χ2n) is 5.20. The minimum atomic E-state index is -0.0289. The van der Waals surface area contributed by atoms with Crippen molar-refractivity contribution in [1.29, 1.82) is 0 Å². The Morgan fingerprint density at radius 1 is 1.21 bits per heavy atom. The molecular weight excluding hydrogens is 238 g/mol. The van der Waals surface area contributed by atoms with E-state index < -0.39 is 0 Å². The van der Waals surface area contributed by atoms with Crippen LogP contribution in [0.25, 0.3) is 0 Å². The van der Waals surface area contributed by atoms with Gasteiger partial charge in [-0.1, -0.05) is 37.3 Å². The van der Waals surface area contributed by atoms with E-state index in [9.17, 15) is 4.79 Å². The smallest absolute Gasteiger partial charge is 0.309 e. The van der Waals surface area contributed by atoms with Gasteiger partial charge >= 0.3 is 5.97 Å². The highest BCUT2D eigenvalue weighted by molar-refractivity contribution is 5.72. The maximum atomic E-state index is 12.0. The zero-order valence-electron chi connectivity index (χ0n) is 11.6. The molecule has 1 aliphatic carbocycles. The van der Waals surface area contributed by atoms with Crippen LogP contribution in [0, 0.1) is 5.92 Å². The van der Waals surface area contributed by atoms with Crippen LogP contribution < -0.4 is 5.32 Å². The highest BCUT2D eigenvalue weighted by Crippen LogP contribution is 2.25. The summed E-state index contributed by atoms with van der Waals surface area (Å²) in [4.78, 5) is 12.0. The summed E-state index contributed by atoms with van der Waals surface area (Å²) in [6.45, 7) is 3.53. The number of ether oxygens (including phenoxy) is 1. The van der Waals surface area contributed by atoms with Gasteiger partial charge in [0, 0.05) is 6.04 Å². The lowest BCUT2D eigenvalue weighted by Gasteiger charge is -2.27. The molecule has 0 spiro atoms. The van der Waals surface area contributed by atoms with Gasteiger partial charge in [-0.3, -0.25) is 4.79 Å². The molecule has 3 heteroatoms. The topological polar surface area (TPSA) is 38.3 Å². The molecule has 1 fully saturated rings. The SMILES string of the molecule is CCNC1CCC(C(=O)OCc2ccccc2)CC1. The first-order valence-electron chi connectivity index (χ1n) is 7.23. The van der Waals surface area contributed by atoms with Crippen molar-refractivity contribution in [3.8, 4) is 0 Å². The highest BCUT2D eigenvalue weighted by Gasteiger charge is 2.26. The monoisotopic (exact) mass is 261 g/mol. The molecular formula is C16H23NO2. The van der Waals surface area contributed by atoms with Gasteiger partial charge in [-0.25, -0.2) is 0 Å². The highest BCUT2D eigenvalue weighted by atomic mass is 16.5. The third-order valence-corrected chi connectivity index (χ3v) is 3.78. The van der Waals surface area contributed by atoms with Gasteiger partial charge in [0.1, 0.15) is 6.61 Å². The van der Waals surface area contributed by atoms with Crippen molar-refractivity contribution in [1.82, 2.24) is 5.32 Å². The number of hydrogen-bond donors (Lipinski definition) is 1. The Morgan fingerprint density at radius 3 is 2.53 bits per heavy atom. The van der Waals surface area contributed by atoms with E-state index in [1.807, 2.05) is 30.3 Å². The molecule has 0 atom stereocenters. The number of benzene rings is 1. The van der Waals surface area contributed by atoms with Crippen molar-refractivity contribution in [2.24, 2.45) is 5.92 Å². The number of rotatable bonds is 5. The van der Waals surface area contributed by atoms with Crippen LogP contribution in [0.3, 0.4) is 0 Å². The molecule has 0 radical (unpaired) electrons. The lowest BCUT2D eigenvalue weighted by Crippen LogP contribution is -2.35. The molecule has 19 heavy (non-hydrogen) atoms. The van der Waals surface area contributed by atoms with Gasteiger partial charge in [0.2, 0.25) is 0 Å². The molecule has 3 nitrogen and oxygen atoms in total. The summed E-state index contributed by atoms with van der Waals surface area (Å²) >= 11 is 0. The zero-order chi connectivity index (χ0) is 13.5. The summed E-state index contributed by atoms with van der Waals surface area (Å²) in [7, 11) is 0. The first-order valence-corrected chi connectivity index (χ1v) is 7.23. The molecule has 0 unspecified atom stereocenters. The molecule has 0 aliphatic heterocycles. The first kappa shape index (κ1) is 14.1. The average molecular weight is 261 g/mol. The Hall–Kier alpha value is -1.35. The van der Waals surface area contributed by atoms with Gasteiger partial charge in [0.25, 0.3) is 0 Å². The van der Waals surface area contributed by atoms with E-state index in [0.29, 0.717) is 12.6 Å². The standard InChI is InChI=1S/C16H23NO2/c1-2-17-15-10-8-14(9-11-15)16(18)19-12-13-6-4-3-5-7-13/h3-7,14-15,17H,2,8-12H2,1H3.